The van der Waals surface area contributed by atoms with Gasteiger partial charge in [-0.25, -0.2) is 0 Å². The maximum absolute atomic E-state index is 11.9. The molecule has 0 atom stereocenters. The lowest BCUT2D eigenvalue weighted by atomic mass is 10.1. The summed E-state index contributed by atoms with van der Waals surface area (Å²) < 4.78 is 0. The summed E-state index contributed by atoms with van der Waals surface area (Å²) >= 11 is 4.19. The lowest BCUT2D eigenvalue weighted by Gasteiger charge is -2.07. The smallest absolute Gasteiger partial charge is 0.228 e. The Morgan fingerprint density at radius 3 is 2.53 bits per heavy atom. The van der Waals surface area contributed by atoms with Crippen molar-refractivity contribution in [2.45, 2.75) is 11.3 Å². The van der Waals surface area contributed by atoms with Gasteiger partial charge in [0.05, 0.1) is 17.7 Å². The van der Waals surface area contributed by atoms with E-state index in [1.165, 1.54) is 0 Å². The van der Waals surface area contributed by atoms with E-state index >= 15 is 0 Å². The molecule has 0 aliphatic rings. The number of carbonyl (C=O) groups excluding carboxylic acids is 1. The molecule has 1 N–H and O–H groups in total. The van der Waals surface area contributed by atoms with Gasteiger partial charge >= 0.3 is 0 Å². The topological polar surface area (TPSA) is 52.9 Å². The van der Waals surface area contributed by atoms with Crippen molar-refractivity contribution >= 4 is 24.2 Å². The summed E-state index contributed by atoms with van der Waals surface area (Å²) in [5.41, 5.74) is 1.91. The third-order valence-electron chi connectivity index (χ3n) is 2.62. The van der Waals surface area contributed by atoms with Crippen LogP contribution in [0.1, 0.15) is 11.1 Å². The summed E-state index contributed by atoms with van der Waals surface area (Å²) in [5.74, 6) is -0.144. The van der Waals surface area contributed by atoms with Crippen LogP contribution in [-0.4, -0.2) is 5.91 Å². The number of anilines is 1. The molecule has 1 amide bonds. The summed E-state index contributed by atoms with van der Waals surface area (Å²) in [6.45, 7) is 0. The molecule has 3 nitrogen and oxygen atoms in total. The summed E-state index contributed by atoms with van der Waals surface area (Å²) in [4.78, 5) is 12.8. The Balaban J connectivity index is 2.06. The number of nitriles is 1. The molecule has 0 aliphatic carbocycles. The first kappa shape index (κ1) is 13.2. The molecule has 0 aliphatic heterocycles. The minimum Gasteiger partial charge on any atom is -0.325 e. The number of hydrogen-bond donors (Lipinski definition) is 2. The van der Waals surface area contributed by atoms with Crippen molar-refractivity contribution in [2.24, 2.45) is 0 Å². The molecule has 2 aromatic rings. The minimum absolute atomic E-state index is 0.144. The zero-order valence-electron chi connectivity index (χ0n) is 10.1. The summed E-state index contributed by atoms with van der Waals surface area (Å²) in [6.07, 6.45) is 0.272. The molecule has 4 heteroatoms. The van der Waals surface area contributed by atoms with Crippen molar-refractivity contribution < 1.29 is 4.79 Å². The van der Waals surface area contributed by atoms with Gasteiger partial charge in [-0.1, -0.05) is 24.3 Å². The van der Waals surface area contributed by atoms with E-state index in [1.807, 2.05) is 30.3 Å². The van der Waals surface area contributed by atoms with Crippen molar-refractivity contribution in [2.75, 3.05) is 5.32 Å². The van der Waals surface area contributed by atoms with Crippen molar-refractivity contribution in [3.05, 3.63) is 59.7 Å². The predicted octanol–water partition coefficient (Wildman–Crippen LogP) is 3.03. The van der Waals surface area contributed by atoms with Gasteiger partial charge in [-0.15, -0.1) is 12.6 Å². The second-order valence-corrected chi connectivity index (χ2v) is 4.57. The third kappa shape index (κ3) is 3.60. The lowest BCUT2D eigenvalue weighted by Crippen LogP contribution is -2.15. The van der Waals surface area contributed by atoms with Gasteiger partial charge < -0.3 is 5.32 Å². The van der Waals surface area contributed by atoms with Crippen LogP contribution in [0.5, 0.6) is 0 Å². The van der Waals surface area contributed by atoms with Gasteiger partial charge in [0, 0.05) is 4.90 Å². The van der Waals surface area contributed by atoms with E-state index in [9.17, 15) is 4.79 Å². The van der Waals surface area contributed by atoms with Crippen molar-refractivity contribution in [3.63, 3.8) is 0 Å². The van der Waals surface area contributed by atoms with E-state index in [-0.39, 0.29) is 12.3 Å². The number of nitrogens with zero attached hydrogens (tertiary/aromatic N) is 1. The van der Waals surface area contributed by atoms with Crippen LogP contribution < -0.4 is 5.32 Å². The summed E-state index contributed by atoms with van der Waals surface area (Å²) in [7, 11) is 0. The minimum atomic E-state index is -0.144. The van der Waals surface area contributed by atoms with E-state index in [0.717, 1.165) is 10.5 Å². The van der Waals surface area contributed by atoms with Crippen LogP contribution in [0, 0.1) is 11.3 Å². The standard InChI is InChI=1S/C15H12N2OS/c16-10-12-3-1-2-4-14(12)17-15(18)9-11-5-7-13(19)8-6-11/h1-8,19H,9H2,(H,17,18). The van der Waals surface area contributed by atoms with Gasteiger partial charge in [-0.3, -0.25) is 4.79 Å². The Kier molecular flexibility index (Phi) is 4.22. The monoisotopic (exact) mass is 268 g/mol. The van der Waals surface area contributed by atoms with Crippen LogP contribution >= 0.6 is 12.6 Å². The van der Waals surface area contributed by atoms with Crippen molar-refractivity contribution in [1.29, 1.82) is 5.26 Å². The molecule has 0 fully saturated rings. The van der Waals surface area contributed by atoms with Crippen LogP contribution in [0.15, 0.2) is 53.4 Å². The second-order valence-electron chi connectivity index (χ2n) is 4.05. The highest BCUT2D eigenvalue weighted by molar-refractivity contribution is 7.80. The zero-order chi connectivity index (χ0) is 13.7. The molecular formula is C15H12N2OS. The van der Waals surface area contributed by atoms with Crippen LogP contribution in [0.3, 0.4) is 0 Å². The first-order valence-corrected chi connectivity index (χ1v) is 6.20. The normalized spacial score (nSPS) is 9.68. The van der Waals surface area contributed by atoms with Gasteiger partial charge in [0.15, 0.2) is 0 Å². The number of amides is 1. The molecule has 2 rings (SSSR count). The Morgan fingerprint density at radius 2 is 1.84 bits per heavy atom. The fraction of sp³-hybridized carbons (Fsp3) is 0.0667. The number of carbonyl (C=O) groups is 1. The van der Waals surface area contributed by atoms with E-state index in [4.69, 9.17) is 5.26 Å². The number of benzene rings is 2. The first-order valence-electron chi connectivity index (χ1n) is 5.76. The van der Waals surface area contributed by atoms with Gasteiger partial charge in [0.25, 0.3) is 0 Å². The van der Waals surface area contributed by atoms with Crippen LogP contribution in [0.25, 0.3) is 0 Å². The molecule has 0 heterocycles. The molecule has 0 saturated carbocycles. The average Bonchev–Trinajstić information content (AvgIpc) is 2.42. The quantitative estimate of drug-likeness (QED) is 0.841. The highest BCUT2D eigenvalue weighted by Gasteiger charge is 2.07. The number of hydrogen-bond acceptors (Lipinski definition) is 3. The Bertz CT molecular complexity index is 629. The maximum Gasteiger partial charge on any atom is 0.228 e. The van der Waals surface area contributed by atoms with Crippen LogP contribution in [0.2, 0.25) is 0 Å². The summed E-state index contributed by atoms with van der Waals surface area (Å²) in [6, 6.07) is 16.4. The highest BCUT2D eigenvalue weighted by atomic mass is 32.1. The largest absolute Gasteiger partial charge is 0.325 e. The van der Waals surface area contributed by atoms with Gasteiger partial charge in [0.2, 0.25) is 5.91 Å². The molecule has 0 saturated heterocycles. The molecule has 94 valence electrons. The SMILES string of the molecule is N#Cc1ccccc1NC(=O)Cc1ccc(S)cc1. The molecule has 0 aromatic heterocycles. The fourth-order valence-electron chi connectivity index (χ4n) is 1.68. The molecular weight excluding hydrogens is 256 g/mol. The molecule has 2 aromatic carbocycles. The first-order chi connectivity index (χ1) is 9.19. The molecule has 0 bridgehead atoms. The van der Waals surface area contributed by atoms with Gasteiger partial charge in [-0.2, -0.15) is 5.26 Å². The van der Waals surface area contributed by atoms with Crippen LogP contribution in [-0.2, 0) is 11.2 Å². The predicted molar refractivity (Wildman–Crippen MR) is 77.2 cm³/mol. The molecule has 19 heavy (non-hydrogen) atoms. The number of rotatable bonds is 3. The van der Waals surface area contributed by atoms with E-state index in [0.29, 0.717) is 11.3 Å². The van der Waals surface area contributed by atoms with Gasteiger partial charge in [-0.05, 0) is 29.8 Å². The van der Waals surface area contributed by atoms with E-state index in [1.54, 1.807) is 24.3 Å². The Morgan fingerprint density at radius 1 is 1.16 bits per heavy atom. The Hall–Kier alpha value is -2.25. The summed E-state index contributed by atoms with van der Waals surface area (Å²) in [5, 5.41) is 11.7. The van der Waals surface area contributed by atoms with E-state index in [2.05, 4.69) is 17.9 Å². The lowest BCUT2D eigenvalue weighted by molar-refractivity contribution is -0.115. The van der Waals surface area contributed by atoms with E-state index < -0.39 is 0 Å². The maximum atomic E-state index is 11.9. The molecule has 0 radical (unpaired) electrons. The second kappa shape index (κ2) is 6.07. The number of thiol groups is 1. The van der Waals surface area contributed by atoms with Crippen molar-refractivity contribution in [1.82, 2.24) is 0 Å². The fourth-order valence-corrected chi connectivity index (χ4v) is 1.83. The van der Waals surface area contributed by atoms with Crippen molar-refractivity contribution in [3.8, 4) is 6.07 Å². The van der Waals surface area contributed by atoms with Gasteiger partial charge in [0.1, 0.15) is 6.07 Å². The number of nitrogens with one attached hydrogen (secondary N) is 1. The highest BCUT2D eigenvalue weighted by Crippen LogP contribution is 2.14. The average molecular weight is 268 g/mol. The molecule has 0 unspecified atom stereocenters. The Labute approximate surface area is 117 Å². The molecule has 0 spiro atoms. The van der Waals surface area contributed by atoms with Crippen LogP contribution in [0.4, 0.5) is 5.69 Å². The number of para-hydroxylation sites is 1. The zero-order valence-corrected chi connectivity index (χ0v) is 11.0. The third-order valence-corrected chi connectivity index (χ3v) is 2.92.